The van der Waals surface area contributed by atoms with Crippen LogP contribution < -0.4 is 14.9 Å². The first kappa shape index (κ1) is 21.7. The molecule has 2 aromatic rings. The Hall–Kier alpha value is -3.62. The van der Waals surface area contributed by atoms with Crippen LogP contribution in [0, 0.1) is 10.1 Å². The van der Waals surface area contributed by atoms with E-state index in [0.29, 0.717) is 11.7 Å². The smallest absolute Gasteiger partial charge is 0.315 e. The summed E-state index contributed by atoms with van der Waals surface area (Å²) in [7, 11) is 1.27. The lowest BCUT2D eigenvalue weighted by molar-refractivity contribution is -0.386. The molecule has 29 heavy (non-hydrogen) atoms. The lowest BCUT2D eigenvalue weighted by atomic mass is 9.99. The summed E-state index contributed by atoms with van der Waals surface area (Å²) in [5.74, 6) is -0.124. The van der Waals surface area contributed by atoms with Gasteiger partial charge in [-0.2, -0.15) is 5.10 Å². The molecule has 1 unspecified atom stereocenters. The van der Waals surface area contributed by atoms with Gasteiger partial charge in [-0.3, -0.25) is 14.9 Å². The summed E-state index contributed by atoms with van der Waals surface area (Å²) in [5, 5.41) is 24.5. The van der Waals surface area contributed by atoms with Crippen molar-refractivity contribution < 1.29 is 24.3 Å². The van der Waals surface area contributed by atoms with Crippen molar-refractivity contribution in [2.75, 3.05) is 13.7 Å². The Morgan fingerprint density at radius 3 is 2.62 bits per heavy atom. The van der Waals surface area contributed by atoms with Gasteiger partial charge in [0.05, 0.1) is 18.2 Å². The van der Waals surface area contributed by atoms with E-state index < -0.39 is 22.3 Å². The van der Waals surface area contributed by atoms with Gasteiger partial charge in [-0.15, -0.1) is 0 Å². The Kier molecular flexibility index (Phi) is 7.53. The maximum absolute atomic E-state index is 11.9. The second-order valence-corrected chi connectivity index (χ2v) is 6.31. The molecule has 0 fully saturated rings. The number of hydrogen-bond donors (Lipinski definition) is 2. The normalized spacial score (nSPS) is 11.8. The fourth-order valence-electron chi connectivity index (χ4n) is 2.47. The highest BCUT2D eigenvalue weighted by atomic mass is 16.6. The van der Waals surface area contributed by atoms with Crippen LogP contribution in [0.4, 0.5) is 5.69 Å². The van der Waals surface area contributed by atoms with Gasteiger partial charge >= 0.3 is 5.69 Å². The van der Waals surface area contributed by atoms with Crippen LogP contribution in [0.5, 0.6) is 17.2 Å². The van der Waals surface area contributed by atoms with Gasteiger partial charge in [0, 0.05) is 11.6 Å². The topological polar surface area (TPSA) is 123 Å². The molecule has 0 bridgehead atoms. The third-order valence-corrected chi connectivity index (χ3v) is 4.33. The summed E-state index contributed by atoms with van der Waals surface area (Å²) in [4.78, 5) is 22.1. The number of hydrogen-bond acceptors (Lipinski definition) is 7. The fourth-order valence-corrected chi connectivity index (χ4v) is 2.47. The number of methoxy groups -OCH3 is 1. The quantitative estimate of drug-likeness (QED) is 0.377. The molecule has 0 aliphatic carbocycles. The molecule has 2 rings (SSSR count). The van der Waals surface area contributed by atoms with Crippen molar-refractivity contribution in [3.8, 4) is 17.2 Å². The molecule has 0 saturated heterocycles. The number of carbonyl (C=O) groups excluding carboxylic acids is 1. The number of rotatable bonds is 9. The van der Waals surface area contributed by atoms with Crippen LogP contribution >= 0.6 is 0 Å². The predicted octanol–water partition coefficient (Wildman–Crippen LogP) is 3.35. The van der Waals surface area contributed by atoms with E-state index in [1.165, 1.54) is 25.0 Å². The number of phenols is 1. The zero-order valence-corrected chi connectivity index (χ0v) is 16.4. The Morgan fingerprint density at radius 2 is 2.03 bits per heavy atom. The van der Waals surface area contributed by atoms with Crippen molar-refractivity contribution in [1.29, 1.82) is 0 Å². The third kappa shape index (κ3) is 5.93. The van der Waals surface area contributed by atoms with Gasteiger partial charge in [0.15, 0.2) is 12.4 Å². The number of hydrazone groups is 1. The van der Waals surface area contributed by atoms with Crippen LogP contribution in [-0.2, 0) is 4.79 Å². The van der Waals surface area contributed by atoms with Gasteiger partial charge in [0.1, 0.15) is 5.75 Å². The number of nitro benzene ring substituents is 1. The van der Waals surface area contributed by atoms with E-state index in [9.17, 15) is 20.0 Å². The highest BCUT2D eigenvalue weighted by Gasteiger charge is 2.19. The average molecular weight is 401 g/mol. The van der Waals surface area contributed by atoms with Crippen molar-refractivity contribution >= 4 is 17.8 Å². The van der Waals surface area contributed by atoms with Crippen molar-refractivity contribution in [3.63, 3.8) is 0 Å². The second-order valence-electron chi connectivity index (χ2n) is 6.31. The number of ether oxygens (including phenoxy) is 2. The predicted molar refractivity (Wildman–Crippen MR) is 108 cm³/mol. The zero-order valence-electron chi connectivity index (χ0n) is 16.4. The summed E-state index contributed by atoms with van der Waals surface area (Å²) in [6.07, 6.45) is 2.24. The van der Waals surface area contributed by atoms with Crippen molar-refractivity contribution in [1.82, 2.24) is 5.43 Å². The van der Waals surface area contributed by atoms with Crippen LogP contribution in [0.3, 0.4) is 0 Å². The van der Waals surface area contributed by atoms with Gasteiger partial charge in [0.25, 0.3) is 5.91 Å². The Balaban J connectivity index is 1.93. The molecule has 0 spiro atoms. The first-order valence-electron chi connectivity index (χ1n) is 8.95. The minimum Gasteiger partial charge on any atom is -0.500 e. The second kappa shape index (κ2) is 10.1. The number of nitro groups is 1. The number of benzene rings is 2. The van der Waals surface area contributed by atoms with Crippen LogP contribution in [0.25, 0.3) is 0 Å². The van der Waals surface area contributed by atoms with Gasteiger partial charge in [-0.05, 0) is 36.1 Å². The molecule has 0 aliphatic heterocycles. The highest BCUT2D eigenvalue weighted by Crippen LogP contribution is 2.36. The fraction of sp³-hybridized carbons (Fsp3) is 0.300. The van der Waals surface area contributed by atoms with E-state index in [2.05, 4.69) is 24.4 Å². The molecule has 0 radical (unpaired) electrons. The monoisotopic (exact) mass is 401 g/mol. The van der Waals surface area contributed by atoms with Crippen molar-refractivity contribution in [3.05, 3.63) is 57.6 Å². The van der Waals surface area contributed by atoms with Gasteiger partial charge < -0.3 is 14.6 Å². The highest BCUT2D eigenvalue weighted by molar-refractivity contribution is 5.85. The zero-order chi connectivity index (χ0) is 21.4. The van der Waals surface area contributed by atoms with E-state index >= 15 is 0 Å². The van der Waals surface area contributed by atoms with E-state index in [1.807, 2.05) is 12.1 Å². The van der Waals surface area contributed by atoms with Crippen molar-refractivity contribution in [2.45, 2.75) is 26.2 Å². The largest absolute Gasteiger partial charge is 0.500 e. The Bertz CT molecular complexity index is 896. The molecular weight excluding hydrogens is 378 g/mol. The van der Waals surface area contributed by atoms with Crippen LogP contribution in [-0.4, -0.2) is 35.9 Å². The summed E-state index contributed by atoms with van der Waals surface area (Å²) < 4.78 is 10.3. The molecule has 2 N–H and O–H groups in total. The molecule has 9 nitrogen and oxygen atoms in total. The van der Waals surface area contributed by atoms with Gasteiger partial charge in [-0.25, -0.2) is 5.43 Å². The minimum atomic E-state index is -0.742. The molecular formula is C20H23N3O6. The number of carbonyl (C=O) groups is 1. The SMILES string of the molecule is CCC(C)c1ccc(OCC(=O)N/N=C\c2cc(OC)c(O)c([N+](=O)[O-])c2)cc1. The van der Waals surface area contributed by atoms with Gasteiger partial charge in [-0.1, -0.05) is 26.0 Å². The summed E-state index contributed by atoms with van der Waals surface area (Å²) >= 11 is 0. The number of phenolic OH excluding ortho intramolecular Hbond substituents is 1. The average Bonchev–Trinajstić information content (AvgIpc) is 2.72. The molecule has 0 heterocycles. The number of amides is 1. The Labute approximate surface area is 168 Å². The molecule has 2 aromatic carbocycles. The minimum absolute atomic E-state index is 0.0730. The molecule has 1 atom stereocenters. The van der Waals surface area contributed by atoms with Crippen LogP contribution in [0.2, 0.25) is 0 Å². The summed E-state index contributed by atoms with van der Waals surface area (Å²) in [6.45, 7) is 4.02. The lowest BCUT2D eigenvalue weighted by Gasteiger charge is -2.10. The number of aromatic hydroxyl groups is 1. The standard InChI is InChI=1S/C20H23N3O6/c1-4-13(2)15-5-7-16(8-6-15)29-12-19(24)22-21-11-14-9-17(23(26)27)20(25)18(10-14)28-3/h5-11,13,25H,4,12H2,1-3H3,(H,22,24)/b21-11-. The summed E-state index contributed by atoms with van der Waals surface area (Å²) in [6, 6.07) is 10.0. The van der Waals surface area contributed by atoms with Gasteiger partial charge in [0.2, 0.25) is 5.75 Å². The maximum atomic E-state index is 11.9. The molecule has 0 aliphatic rings. The molecule has 1 amide bonds. The van der Waals surface area contributed by atoms with Crippen molar-refractivity contribution in [2.24, 2.45) is 5.10 Å². The van der Waals surface area contributed by atoms with Crippen LogP contribution in [0.1, 0.15) is 37.3 Å². The van der Waals surface area contributed by atoms with E-state index in [0.717, 1.165) is 12.5 Å². The van der Waals surface area contributed by atoms with E-state index in [4.69, 9.17) is 9.47 Å². The number of nitrogens with one attached hydrogen (secondary N) is 1. The van der Waals surface area contributed by atoms with Crippen LogP contribution in [0.15, 0.2) is 41.5 Å². The molecule has 9 heteroatoms. The molecule has 154 valence electrons. The lowest BCUT2D eigenvalue weighted by Crippen LogP contribution is -2.24. The summed E-state index contributed by atoms with van der Waals surface area (Å²) in [5.41, 5.74) is 3.22. The molecule has 0 saturated carbocycles. The first-order chi connectivity index (χ1) is 13.8. The Morgan fingerprint density at radius 1 is 1.34 bits per heavy atom. The number of nitrogens with zero attached hydrogens (tertiary/aromatic N) is 2. The van der Waals surface area contributed by atoms with E-state index in [1.54, 1.807) is 12.1 Å². The molecule has 0 aromatic heterocycles. The van der Waals surface area contributed by atoms with E-state index in [-0.39, 0.29) is 17.9 Å². The maximum Gasteiger partial charge on any atom is 0.315 e. The third-order valence-electron chi connectivity index (χ3n) is 4.33. The first-order valence-corrected chi connectivity index (χ1v) is 8.95.